The molecule has 2 aromatic rings. The van der Waals surface area contributed by atoms with Crippen LogP contribution in [0.25, 0.3) is 10.8 Å². The van der Waals surface area contributed by atoms with Gasteiger partial charge in [-0.05, 0) is 43.4 Å². The summed E-state index contributed by atoms with van der Waals surface area (Å²) in [6, 6.07) is 12.6. The number of fused-ring (bicyclic) bond motifs is 1. The first-order valence-corrected chi connectivity index (χ1v) is 6.76. The highest BCUT2D eigenvalue weighted by Gasteiger charge is 2.07. The van der Waals surface area contributed by atoms with Crippen LogP contribution >= 0.6 is 24.8 Å². The molecule has 0 aromatic heterocycles. The van der Waals surface area contributed by atoms with Gasteiger partial charge < -0.3 is 15.4 Å². The lowest BCUT2D eigenvalue weighted by atomic mass is 10.0. The van der Waals surface area contributed by atoms with Crippen LogP contribution in [0.3, 0.4) is 0 Å². The Balaban J connectivity index is 0.00000200. The summed E-state index contributed by atoms with van der Waals surface area (Å²) in [6.45, 7) is 2.89. The van der Waals surface area contributed by atoms with E-state index >= 15 is 0 Å². The Kier molecular flexibility index (Phi) is 10.2. The van der Waals surface area contributed by atoms with Gasteiger partial charge in [0.15, 0.2) is 0 Å². The van der Waals surface area contributed by atoms with E-state index in [1.54, 1.807) is 7.11 Å². The largest absolute Gasteiger partial charge is 0.496 e. The molecule has 0 unspecified atom stereocenters. The van der Waals surface area contributed by atoms with E-state index < -0.39 is 0 Å². The maximum absolute atomic E-state index is 5.48. The fourth-order valence-electron chi connectivity index (χ4n) is 2.29. The molecule has 3 nitrogen and oxygen atoms in total. The van der Waals surface area contributed by atoms with Gasteiger partial charge in [-0.3, -0.25) is 0 Å². The Labute approximate surface area is 139 Å². The molecule has 0 amide bonds. The molecule has 0 spiro atoms. The molecular formula is C16H24Cl2N2O. The van der Waals surface area contributed by atoms with E-state index in [0.29, 0.717) is 0 Å². The predicted molar refractivity (Wildman–Crippen MR) is 95.2 cm³/mol. The zero-order chi connectivity index (χ0) is 13.5. The SMILES string of the molecule is CNCCCNCc1c(OC)ccc2ccccc12.Cl.Cl. The molecule has 2 N–H and O–H groups in total. The van der Waals surface area contributed by atoms with Crippen LogP contribution in [0.1, 0.15) is 12.0 Å². The molecule has 0 aliphatic rings. The average molecular weight is 331 g/mol. The van der Waals surface area contributed by atoms with E-state index in [0.717, 1.165) is 31.8 Å². The van der Waals surface area contributed by atoms with E-state index in [4.69, 9.17) is 4.74 Å². The maximum Gasteiger partial charge on any atom is 0.123 e. The Morgan fingerprint density at radius 1 is 1.00 bits per heavy atom. The van der Waals surface area contributed by atoms with E-state index in [-0.39, 0.29) is 24.8 Å². The van der Waals surface area contributed by atoms with Crippen LogP contribution in [0.4, 0.5) is 0 Å². The highest BCUT2D eigenvalue weighted by atomic mass is 35.5. The van der Waals surface area contributed by atoms with Gasteiger partial charge in [-0.25, -0.2) is 0 Å². The third-order valence-corrected chi connectivity index (χ3v) is 3.30. The molecule has 118 valence electrons. The molecular weight excluding hydrogens is 307 g/mol. The summed E-state index contributed by atoms with van der Waals surface area (Å²) in [4.78, 5) is 0. The van der Waals surface area contributed by atoms with Crippen molar-refractivity contribution in [3.05, 3.63) is 42.0 Å². The van der Waals surface area contributed by atoms with Gasteiger partial charge in [-0.1, -0.05) is 30.3 Å². The summed E-state index contributed by atoms with van der Waals surface area (Å²) < 4.78 is 5.48. The van der Waals surface area contributed by atoms with Crippen molar-refractivity contribution in [2.75, 3.05) is 27.2 Å². The summed E-state index contributed by atoms with van der Waals surface area (Å²) in [7, 11) is 3.71. The highest BCUT2D eigenvalue weighted by Crippen LogP contribution is 2.27. The van der Waals surface area contributed by atoms with Crippen LogP contribution < -0.4 is 15.4 Å². The fourth-order valence-corrected chi connectivity index (χ4v) is 2.29. The lowest BCUT2D eigenvalue weighted by molar-refractivity contribution is 0.408. The number of halogens is 2. The van der Waals surface area contributed by atoms with Crippen LogP contribution in [0.15, 0.2) is 36.4 Å². The predicted octanol–water partition coefficient (Wildman–Crippen LogP) is 3.39. The standard InChI is InChI=1S/C16H22N2O.2ClH/c1-17-10-5-11-18-12-15-14-7-4-3-6-13(14)8-9-16(15)19-2;;/h3-4,6-9,17-18H,5,10-12H2,1-2H3;2*1H. The highest BCUT2D eigenvalue weighted by molar-refractivity contribution is 5.87. The van der Waals surface area contributed by atoms with Crippen LogP contribution in [-0.4, -0.2) is 27.2 Å². The minimum absolute atomic E-state index is 0. The summed E-state index contributed by atoms with van der Waals surface area (Å²) >= 11 is 0. The second-order valence-electron chi connectivity index (χ2n) is 4.60. The van der Waals surface area contributed by atoms with Crippen molar-refractivity contribution in [1.82, 2.24) is 10.6 Å². The second-order valence-corrected chi connectivity index (χ2v) is 4.60. The molecule has 0 aliphatic carbocycles. The number of rotatable bonds is 7. The molecule has 0 saturated heterocycles. The van der Waals surface area contributed by atoms with Gasteiger partial charge in [0, 0.05) is 12.1 Å². The molecule has 0 fully saturated rings. The van der Waals surface area contributed by atoms with Crippen LogP contribution in [0.5, 0.6) is 5.75 Å². The molecule has 0 atom stereocenters. The fraction of sp³-hybridized carbons (Fsp3) is 0.375. The van der Waals surface area contributed by atoms with Gasteiger partial charge >= 0.3 is 0 Å². The zero-order valence-electron chi connectivity index (χ0n) is 12.5. The van der Waals surface area contributed by atoms with E-state index in [2.05, 4.69) is 41.0 Å². The van der Waals surface area contributed by atoms with Crippen molar-refractivity contribution in [2.45, 2.75) is 13.0 Å². The van der Waals surface area contributed by atoms with E-state index in [1.807, 2.05) is 13.1 Å². The zero-order valence-corrected chi connectivity index (χ0v) is 14.2. The summed E-state index contributed by atoms with van der Waals surface area (Å²) in [5.41, 5.74) is 1.24. The quantitative estimate of drug-likeness (QED) is 0.763. The van der Waals surface area contributed by atoms with Crippen molar-refractivity contribution in [1.29, 1.82) is 0 Å². The molecule has 0 saturated carbocycles. The molecule has 0 bridgehead atoms. The van der Waals surface area contributed by atoms with Crippen molar-refractivity contribution >= 4 is 35.6 Å². The minimum atomic E-state index is 0. The summed E-state index contributed by atoms with van der Waals surface area (Å²) in [6.07, 6.45) is 1.13. The third kappa shape index (κ3) is 5.36. The number of hydrogen-bond donors (Lipinski definition) is 2. The van der Waals surface area contributed by atoms with Gasteiger partial charge in [0.25, 0.3) is 0 Å². The number of nitrogens with one attached hydrogen (secondary N) is 2. The van der Waals surface area contributed by atoms with Crippen LogP contribution in [-0.2, 0) is 6.54 Å². The normalized spacial score (nSPS) is 9.81. The number of ether oxygens (including phenoxy) is 1. The second kappa shape index (κ2) is 10.7. The molecule has 2 aromatic carbocycles. The van der Waals surface area contributed by atoms with Crippen molar-refractivity contribution in [3.8, 4) is 5.75 Å². The van der Waals surface area contributed by atoms with E-state index in [1.165, 1.54) is 16.3 Å². The smallest absolute Gasteiger partial charge is 0.123 e. The van der Waals surface area contributed by atoms with Crippen LogP contribution in [0, 0.1) is 0 Å². The number of methoxy groups -OCH3 is 1. The minimum Gasteiger partial charge on any atom is -0.496 e. The van der Waals surface area contributed by atoms with Crippen LogP contribution in [0.2, 0.25) is 0 Å². The lowest BCUT2D eigenvalue weighted by Crippen LogP contribution is -2.19. The van der Waals surface area contributed by atoms with Gasteiger partial charge in [0.2, 0.25) is 0 Å². The molecule has 5 heteroatoms. The molecule has 21 heavy (non-hydrogen) atoms. The van der Waals surface area contributed by atoms with Gasteiger partial charge in [0.1, 0.15) is 5.75 Å². The Hall–Kier alpha value is -1.000. The Morgan fingerprint density at radius 3 is 2.48 bits per heavy atom. The number of benzene rings is 2. The number of hydrogen-bond acceptors (Lipinski definition) is 3. The monoisotopic (exact) mass is 330 g/mol. The van der Waals surface area contributed by atoms with Crippen molar-refractivity contribution in [2.24, 2.45) is 0 Å². The molecule has 0 aliphatic heterocycles. The summed E-state index contributed by atoms with van der Waals surface area (Å²) in [5, 5.41) is 9.16. The lowest BCUT2D eigenvalue weighted by Gasteiger charge is -2.13. The average Bonchev–Trinajstić information content (AvgIpc) is 2.47. The first-order valence-electron chi connectivity index (χ1n) is 6.76. The molecule has 0 radical (unpaired) electrons. The summed E-state index contributed by atoms with van der Waals surface area (Å²) in [5.74, 6) is 0.958. The maximum atomic E-state index is 5.48. The first-order chi connectivity index (χ1) is 9.36. The van der Waals surface area contributed by atoms with Crippen molar-refractivity contribution < 1.29 is 4.74 Å². The van der Waals surface area contributed by atoms with Gasteiger partial charge in [0.05, 0.1) is 7.11 Å². The van der Waals surface area contributed by atoms with E-state index in [9.17, 15) is 0 Å². The Morgan fingerprint density at radius 2 is 1.76 bits per heavy atom. The first kappa shape index (κ1) is 20.0. The third-order valence-electron chi connectivity index (χ3n) is 3.30. The molecule has 2 rings (SSSR count). The van der Waals surface area contributed by atoms with Gasteiger partial charge in [-0.15, -0.1) is 24.8 Å². The topological polar surface area (TPSA) is 33.3 Å². The Bertz CT molecular complexity index is 535. The van der Waals surface area contributed by atoms with Crippen molar-refractivity contribution in [3.63, 3.8) is 0 Å². The molecule has 0 heterocycles. The van der Waals surface area contributed by atoms with Gasteiger partial charge in [-0.2, -0.15) is 0 Å².